The molecule has 0 saturated heterocycles. The maximum atomic E-state index is 13.8. The highest BCUT2D eigenvalue weighted by Crippen LogP contribution is 2.39. The Morgan fingerprint density at radius 2 is 2.06 bits per heavy atom. The number of benzene rings is 1. The van der Waals surface area contributed by atoms with E-state index >= 15 is 0 Å². The average molecular weight is 226 g/mol. The summed E-state index contributed by atoms with van der Waals surface area (Å²) in [7, 11) is 1.37. The number of aliphatic hydroxyl groups excluding tert-OH is 2. The summed E-state index contributed by atoms with van der Waals surface area (Å²) in [5.74, 6) is -0.419. The molecule has 0 amide bonds. The quantitative estimate of drug-likeness (QED) is 0.820. The van der Waals surface area contributed by atoms with Gasteiger partial charge in [-0.15, -0.1) is 0 Å². The molecule has 2 rings (SSSR count). The predicted octanol–water partition coefficient (Wildman–Crippen LogP) is 1.64. The van der Waals surface area contributed by atoms with Gasteiger partial charge in [-0.2, -0.15) is 0 Å². The molecule has 1 aliphatic rings. The van der Waals surface area contributed by atoms with E-state index in [9.17, 15) is 14.6 Å². The maximum Gasteiger partial charge on any atom is 0.170 e. The molecule has 4 heteroatoms. The summed E-state index contributed by atoms with van der Waals surface area (Å²) in [5.41, 5.74) is 0.0961. The Balaban J connectivity index is 2.24. The van der Waals surface area contributed by atoms with E-state index in [-0.39, 0.29) is 17.2 Å². The average Bonchev–Trinajstić information content (AvgIpc) is 3.11. The number of methoxy groups -OCH3 is 1. The molecule has 2 atom stereocenters. The highest BCUT2D eigenvalue weighted by Gasteiger charge is 2.36. The third-order valence-corrected chi connectivity index (χ3v) is 2.96. The number of ether oxygens (including phenoxy) is 1. The second kappa shape index (κ2) is 4.39. The van der Waals surface area contributed by atoms with Gasteiger partial charge in [0.2, 0.25) is 0 Å². The van der Waals surface area contributed by atoms with Gasteiger partial charge in [0.15, 0.2) is 11.6 Å². The van der Waals surface area contributed by atoms with E-state index in [1.54, 1.807) is 6.07 Å². The minimum absolute atomic E-state index is 0.0829. The first-order chi connectivity index (χ1) is 7.65. The van der Waals surface area contributed by atoms with Crippen molar-refractivity contribution in [2.24, 2.45) is 5.92 Å². The van der Waals surface area contributed by atoms with Gasteiger partial charge in [-0.1, -0.05) is 12.1 Å². The van der Waals surface area contributed by atoms with Crippen molar-refractivity contribution in [2.45, 2.75) is 25.0 Å². The van der Waals surface area contributed by atoms with E-state index in [4.69, 9.17) is 4.74 Å². The van der Waals surface area contributed by atoms with E-state index in [1.165, 1.54) is 19.2 Å². The van der Waals surface area contributed by atoms with Crippen molar-refractivity contribution < 1.29 is 19.3 Å². The van der Waals surface area contributed by atoms with Crippen LogP contribution in [0.2, 0.25) is 0 Å². The zero-order valence-corrected chi connectivity index (χ0v) is 9.06. The summed E-state index contributed by atoms with van der Waals surface area (Å²) < 4.78 is 18.6. The van der Waals surface area contributed by atoms with Gasteiger partial charge in [-0.05, 0) is 24.8 Å². The number of rotatable bonds is 4. The monoisotopic (exact) mass is 226 g/mol. The molecule has 0 radical (unpaired) electrons. The molecule has 0 aromatic heterocycles. The van der Waals surface area contributed by atoms with Crippen LogP contribution >= 0.6 is 0 Å². The molecule has 0 spiro atoms. The number of hydrogen-bond acceptors (Lipinski definition) is 3. The molecule has 88 valence electrons. The fourth-order valence-electron chi connectivity index (χ4n) is 1.79. The van der Waals surface area contributed by atoms with E-state index in [2.05, 4.69) is 0 Å². The molecular weight excluding hydrogens is 211 g/mol. The molecule has 0 aliphatic heterocycles. The summed E-state index contributed by atoms with van der Waals surface area (Å²) in [6.07, 6.45) is -0.280. The highest BCUT2D eigenvalue weighted by molar-refractivity contribution is 5.33. The Kier molecular flexibility index (Phi) is 3.12. The molecule has 1 aliphatic carbocycles. The third kappa shape index (κ3) is 2.03. The van der Waals surface area contributed by atoms with Crippen LogP contribution < -0.4 is 4.74 Å². The van der Waals surface area contributed by atoms with E-state index < -0.39 is 18.0 Å². The molecule has 0 bridgehead atoms. The van der Waals surface area contributed by atoms with Gasteiger partial charge >= 0.3 is 0 Å². The van der Waals surface area contributed by atoms with Crippen LogP contribution in [0.25, 0.3) is 0 Å². The van der Waals surface area contributed by atoms with Crippen LogP contribution in [0.15, 0.2) is 18.2 Å². The van der Waals surface area contributed by atoms with E-state index in [0.717, 1.165) is 12.8 Å². The normalized spacial score (nSPS) is 19.2. The fourth-order valence-corrected chi connectivity index (χ4v) is 1.79. The predicted molar refractivity (Wildman–Crippen MR) is 56.6 cm³/mol. The van der Waals surface area contributed by atoms with Crippen molar-refractivity contribution in [3.63, 3.8) is 0 Å². The van der Waals surface area contributed by atoms with Crippen LogP contribution in [-0.4, -0.2) is 23.4 Å². The molecule has 1 fully saturated rings. The van der Waals surface area contributed by atoms with Crippen LogP contribution in [0.3, 0.4) is 0 Å². The summed E-state index contributed by atoms with van der Waals surface area (Å²) >= 11 is 0. The molecule has 16 heavy (non-hydrogen) atoms. The molecular formula is C12H15FO3. The van der Waals surface area contributed by atoms with Gasteiger partial charge in [0.1, 0.15) is 6.10 Å². The second-order valence-corrected chi connectivity index (χ2v) is 4.14. The Hall–Kier alpha value is -1.13. The molecule has 2 unspecified atom stereocenters. The third-order valence-electron chi connectivity index (χ3n) is 2.96. The maximum absolute atomic E-state index is 13.8. The zero-order chi connectivity index (χ0) is 11.7. The summed E-state index contributed by atoms with van der Waals surface area (Å²) in [5, 5.41) is 19.6. The van der Waals surface area contributed by atoms with Crippen molar-refractivity contribution in [1.82, 2.24) is 0 Å². The first-order valence-corrected chi connectivity index (χ1v) is 5.33. The Morgan fingerprint density at radius 3 is 2.62 bits per heavy atom. The SMILES string of the molecule is COc1cccc(C(O)C(O)C2CC2)c1F. The van der Waals surface area contributed by atoms with Crippen LogP contribution in [-0.2, 0) is 0 Å². The van der Waals surface area contributed by atoms with E-state index in [1.807, 2.05) is 0 Å². The lowest BCUT2D eigenvalue weighted by atomic mass is 10.0. The van der Waals surface area contributed by atoms with Gasteiger partial charge < -0.3 is 14.9 Å². The van der Waals surface area contributed by atoms with Crippen molar-refractivity contribution in [2.75, 3.05) is 7.11 Å². The Labute approximate surface area is 93.5 Å². The second-order valence-electron chi connectivity index (χ2n) is 4.14. The smallest absolute Gasteiger partial charge is 0.170 e. The lowest BCUT2D eigenvalue weighted by molar-refractivity contribution is 0.00270. The van der Waals surface area contributed by atoms with Crippen molar-refractivity contribution in [3.05, 3.63) is 29.6 Å². The van der Waals surface area contributed by atoms with Crippen LogP contribution in [0.4, 0.5) is 4.39 Å². The number of aliphatic hydroxyl groups is 2. The van der Waals surface area contributed by atoms with Crippen molar-refractivity contribution in [3.8, 4) is 5.75 Å². The summed E-state index contributed by atoms with van der Waals surface area (Å²) in [4.78, 5) is 0. The molecule has 3 nitrogen and oxygen atoms in total. The summed E-state index contributed by atoms with van der Waals surface area (Å²) in [6.45, 7) is 0. The van der Waals surface area contributed by atoms with E-state index in [0.29, 0.717) is 0 Å². The molecule has 1 aromatic rings. The van der Waals surface area contributed by atoms with Crippen LogP contribution in [0.5, 0.6) is 5.75 Å². The molecule has 2 N–H and O–H groups in total. The number of hydrogen-bond donors (Lipinski definition) is 2. The van der Waals surface area contributed by atoms with Gasteiger partial charge in [0, 0.05) is 5.56 Å². The Morgan fingerprint density at radius 1 is 1.38 bits per heavy atom. The largest absolute Gasteiger partial charge is 0.494 e. The van der Waals surface area contributed by atoms with Gasteiger partial charge in [-0.25, -0.2) is 4.39 Å². The van der Waals surface area contributed by atoms with Crippen molar-refractivity contribution >= 4 is 0 Å². The van der Waals surface area contributed by atoms with Crippen LogP contribution in [0, 0.1) is 11.7 Å². The molecule has 0 heterocycles. The fraction of sp³-hybridized carbons (Fsp3) is 0.500. The first kappa shape index (κ1) is 11.4. The minimum Gasteiger partial charge on any atom is -0.494 e. The lowest BCUT2D eigenvalue weighted by Crippen LogP contribution is -2.21. The van der Waals surface area contributed by atoms with Crippen molar-refractivity contribution in [1.29, 1.82) is 0 Å². The number of halogens is 1. The Bertz CT molecular complexity index is 377. The topological polar surface area (TPSA) is 49.7 Å². The van der Waals surface area contributed by atoms with Gasteiger partial charge in [0.05, 0.1) is 13.2 Å². The zero-order valence-electron chi connectivity index (χ0n) is 9.06. The summed E-state index contributed by atoms with van der Waals surface area (Å²) in [6, 6.07) is 4.54. The first-order valence-electron chi connectivity index (χ1n) is 5.33. The van der Waals surface area contributed by atoms with Gasteiger partial charge in [-0.3, -0.25) is 0 Å². The standard InChI is InChI=1S/C12H15FO3/c1-16-9-4-2-3-8(10(9)13)12(15)11(14)7-5-6-7/h2-4,7,11-12,14-15H,5-6H2,1H3. The molecule has 1 aromatic carbocycles. The van der Waals surface area contributed by atoms with Gasteiger partial charge in [0.25, 0.3) is 0 Å². The molecule has 1 saturated carbocycles. The lowest BCUT2D eigenvalue weighted by Gasteiger charge is -2.18. The highest BCUT2D eigenvalue weighted by atomic mass is 19.1. The van der Waals surface area contributed by atoms with Crippen LogP contribution in [0.1, 0.15) is 24.5 Å². The minimum atomic E-state index is -1.18.